The highest BCUT2D eigenvalue weighted by Crippen LogP contribution is 2.36. The van der Waals surface area contributed by atoms with E-state index in [4.69, 9.17) is 4.74 Å². The Morgan fingerprint density at radius 2 is 2.00 bits per heavy atom. The van der Waals surface area contributed by atoms with Gasteiger partial charge in [0.05, 0.1) is 11.6 Å². The third kappa shape index (κ3) is 2.91. The molecule has 98 valence electrons. The third-order valence-electron chi connectivity index (χ3n) is 3.70. The zero-order valence-corrected chi connectivity index (χ0v) is 11.3. The van der Waals surface area contributed by atoms with Crippen molar-refractivity contribution in [3.8, 4) is 0 Å². The van der Waals surface area contributed by atoms with E-state index in [-0.39, 0.29) is 17.6 Å². The molecule has 0 bridgehead atoms. The van der Waals surface area contributed by atoms with Gasteiger partial charge >= 0.3 is 0 Å². The van der Waals surface area contributed by atoms with Gasteiger partial charge in [-0.25, -0.2) is 0 Å². The number of ether oxygens (including phenoxy) is 1. The average molecular weight is 247 g/mol. The maximum Gasteiger partial charge on any atom is 0.220 e. The topological polar surface area (TPSA) is 38.3 Å². The van der Waals surface area contributed by atoms with Crippen LogP contribution in [0.5, 0.6) is 0 Å². The van der Waals surface area contributed by atoms with E-state index in [0.717, 1.165) is 6.42 Å². The molecule has 3 nitrogen and oxygen atoms in total. The molecule has 0 aliphatic carbocycles. The number of carbonyl (C=O) groups excluding carboxylic acids is 1. The molecule has 1 aromatic carbocycles. The predicted octanol–water partition coefficient (Wildman–Crippen LogP) is 2.68. The van der Waals surface area contributed by atoms with Crippen molar-refractivity contribution in [2.24, 2.45) is 5.92 Å². The van der Waals surface area contributed by atoms with Crippen molar-refractivity contribution in [2.75, 3.05) is 7.11 Å². The summed E-state index contributed by atoms with van der Waals surface area (Å²) in [6.07, 6.45) is 1.47. The predicted molar refractivity (Wildman–Crippen MR) is 71.1 cm³/mol. The van der Waals surface area contributed by atoms with E-state index in [1.54, 1.807) is 7.11 Å². The summed E-state index contributed by atoms with van der Waals surface area (Å²) in [5.41, 5.74) is 0.990. The van der Waals surface area contributed by atoms with Crippen LogP contribution in [-0.4, -0.2) is 18.6 Å². The number of methoxy groups -OCH3 is 1. The van der Waals surface area contributed by atoms with Crippen LogP contribution >= 0.6 is 0 Å². The molecule has 1 aliphatic rings. The highest BCUT2D eigenvalue weighted by Gasteiger charge is 2.36. The molecule has 1 aliphatic heterocycles. The van der Waals surface area contributed by atoms with Gasteiger partial charge in [-0.05, 0) is 31.7 Å². The summed E-state index contributed by atoms with van der Waals surface area (Å²) in [6, 6.07) is 10.3. The number of benzene rings is 1. The Hall–Kier alpha value is -1.35. The monoisotopic (exact) mass is 247 g/mol. The van der Waals surface area contributed by atoms with Crippen molar-refractivity contribution < 1.29 is 9.53 Å². The summed E-state index contributed by atoms with van der Waals surface area (Å²) >= 11 is 0. The Bertz CT molecular complexity index is 414. The molecule has 0 saturated carbocycles. The first kappa shape index (κ1) is 13.1. The van der Waals surface area contributed by atoms with Gasteiger partial charge in [-0.15, -0.1) is 0 Å². The van der Waals surface area contributed by atoms with Gasteiger partial charge in [-0.3, -0.25) is 4.79 Å². The van der Waals surface area contributed by atoms with E-state index in [2.05, 4.69) is 31.3 Å². The Morgan fingerprint density at radius 1 is 1.33 bits per heavy atom. The molecule has 1 saturated heterocycles. The van der Waals surface area contributed by atoms with E-state index in [1.165, 1.54) is 5.56 Å². The minimum absolute atomic E-state index is 0.119. The number of carbonyl (C=O) groups is 1. The molecule has 0 spiro atoms. The highest BCUT2D eigenvalue weighted by molar-refractivity contribution is 5.79. The van der Waals surface area contributed by atoms with Crippen molar-refractivity contribution >= 4 is 5.91 Å². The van der Waals surface area contributed by atoms with Gasteiger partial charge < -0.3 is 10.1 Å². The van der Waals surface area contributed by atoms with Crippen LogP contribution in [0.3, 0.4) is 0 Å². The average Bonchev–Trinajstić information content (AvgIpc) is 2.70. The summed E-state index contributed by atoms with van der Waals surface area (Å²) < 4.78 is 5.48. The molecule has 3 heteroatoms. The lowest BCUT2D eigenvalue weighted by atomic mass is 9.85. The molecule has 1 amide bonds. The van der Waals surface area contributed by atoms with E-state index < -0.39 is 0 Å². The van der Waals surface area contributed by atoms with Crippen LogP contribution in [0.1, 0.15) is 38.3 Å². The first-order chi connectivity index (χ1) is 8.52. The molecule has 1 fully saturated rings. The van der Waals surface area contributed by atoms with Gasteiger partial charge in [0.1, 0.15) is 0 Å². The fraction of sp³-hybridized carbons (Fsp3) is 0.533. The van der Waals surface area contributed by atoms with Gasteiger partial charge in [-0.2, -0.15) is 0 Å². The van der Waals surface area contributed by atoms with Crippen LogP contribution in [0.2, 0.25) is 0 Å². The van der Waals surface area contributed by atoms with Crippen molar-refractivity contribution in [1.82, 2.24) is 5.32 Å². The van der Waals surface area contributed by atoms with Crippen LogP contribution in [0.4, 0.5) is 0 Å². The zero-order valence-electron chi connectivity index (χ0n) is 11.3. The van der Waals surface area contributed by atoms with E-state index in [0.29, 0.717) is 12.3 Å². The summed E-state index contributed by atoms with van der Waals surface area (Å²) in [6.45, 7) is 4.13. The second kappa shape index (κ2) is 5.11. The van der Waals surface area contributed by atoms with Gasteiger partial charge in [0.2, 0.25) is 5.91 Å². The SMILES string of the molecule is COC(C)(C)CC1CC(=O)NC1c1ccccc1. The maximum atomic E-state index is 11.7. The molecule has 2 unspecified atom stereocenters. The Labute approximate surface area is 109 Å². The summed E-state index contributed by atoms with van der Waals surface area (Å²) in [5, 5.41) is 3.07. The van der Waals surface area contributed by atoms with Crippen LogP contribution in [0, 0.1) is 5.92 Å². The zero-order chi connectivity index (χ0) is 13.2. The fourth-order valence-electron chi connectivity index (χ4n) is 2.63. The lowest BCUT2D eigenvalue weighted by Gasteiger charge is -2.29. The second-order valence-corrected chi connectivity index (χ2v) is 5.59. The number of amides is 1. The van der Waals surface area contributed by atoms with Crippen molar-refractivity contribution in [2.45, 2.75) is 38.3 Å². The van der Waals surface area contributed by atoms with Crippen molar-refractivity contribution in [3.63, 3.8) is 0 Å². The smallest absolute Gasteiger partial charge is 0.220 e. The molecule has 0 radical (unpaired) electrons. The first-order valence-corrected chi connectivity index (χ1v) is 6.41. The minimum Gasteiger partial charge on any atom is -0.379 e. The van der Waals surface area contributed by atoms with Crippen LogP contribution in [0.15, 0.2) is 30.3 Å². The molecule has 2 atom stereocenters. The quantitative estimate of drug-likeness (QED) is 0.888. The van der Waals surface area contributed by atoms with Crippen LogP contribution in [-0.2, 0) is 9.53 Å². The Morgan fingerprint density at radius 3 is 2.61 bits per heavy atom. The van der Waals surface area contributed by atoms with Crippen LogP contribution in [0.25, 0.3) is 0 Å². The van der Waals surface area contributed by atoms with E-state index in [9.17, 15) is 4.79 Å². The number of hydrogen-bond donors (Lipinski definition) is 1. The summed E-state index contributed by atoms with van der Waals surface area (Å²) in [4.78, 5) is 11.7. The van der Waals surface area contributed by atoms with Crippen LogP contribution < -0.4 is 5.32 Å². The largest absolute Gasteiger partial charge is 0.379 e. The molecule has 1 N–H and O–H groups in total. The third-order valence-corrected chi connectivity index (χ3v) is 3.70. The lowest BCUT2D eigenvalue weighted by Crippen LogP contribution is -2.29. The second-order valence-electron chi connectivity index (χ2n) is 5.59. The summed E-state index contributed by atoms with van der Waals surface area (Å²) in [5.74, 6) is 0.440. The van der Waals surface area contributed by atoms with Gasteiger partial charge in [0, 0.05) is 13.5 Å². The number of hydrogen-bond acceptors (Lipinski definition) is 2. The lowest BCUT2D eigenvalue weighted by molar-refractivity contribution is -0.119. The molecule has 1 heterocycles. The van der Waals surface area contributed by atoms with E-state index in [1.807, 2.05) is 18.2 Å². The molecule has 2 rings (SSSR count). The minimum atomic E-state index is -0.190. The van der Waals surface area contributed by atoms with Crippen molar-refractivity contribution in [1.29, 1.82) is 0 Å². The Kier molecular flexibility index (Phi) is 3.71. The normalized spacial score (nSPS) is 24.1. The maximum absolute atomic E-state index is 11.7. The van der Waals surface area contributed by atoms with Gasteiger partial charge in [-0.1, -0.05) is 30.3 Å². The summed E-state index contributed by atoms with van der Waals surface area (Å²) in [7, 11) is 1.72. The number of nitrogens with one attached hydrogen (secondary N) is 1. The standard InChI is InChI=1S/C15H21NO2/c1-15(2,18-3)10-12-9-13(17)16-14(12)11-7-5-4-6-8-11/h4-8,12,14H,9-10H2,1-3H3,(H,16,17). The Balaban J connectivity index is 2.16. The highest BCUT2D eigenvalue weighted by atomic mass is 16.5. The molecular formula is C15H21NO2. The van der Waals surface area contributed by atoms with Gasteiger partial charge in [0.15, 0.2) is 0 Å². The van der Waals surface area contributed by atoms with Crippen molar-refractivity contribution in [3.05, 3.63) is 35.9 Å². The molecule has 18 heavy (non-hydrogen) atoms. The fourth-order valence-corrected chi connectivity index (χ4v) is 2.63. The van der Waals surface area contributed by atoms with E-state index >= 15 is 0 Å². The first-order valence-electron chi connectivity index (χ1n) is 6.41. The van der Waals surface area contributed by atoms with Gasteiger partial charge in [0.25, 0.3) is 0 Å². The molecule has 0 aromatic heterocycles. The number of rotatable bonds is 4. The molecule has 1 aromatic rings. The molecular weight excluding hydrogens is 226 g/mol.